The summed E-state index contributed by atoms with van der Waals surface area (Å²) in [5.41, 5.74) is 4.29. The first-order valence-electron chi connectivity index (χ1n) is 5.35. The SMILES string of the molecule is CSc1nc(N)cc(NC(C)(C)C(C)(C)O)n1. The molecule has 6 heteroatoms. The van der Waals surface area contributed by atoms with Gasteiger partial charge < -0.3 is 16.2 Å². The number of hydrogen-bond donors (Lipinski definition) is 3. The number of hydrogen-bond acceptors (Lipinski definition) is 6. The number of nitrogens with two attached hydrogens (primary N) is 1. The fourth-order valence-corrected chi connectivity index (χ4v) is 1.46. The topological polar surface area (TPSA) is 84.1 Å². The minimum Gasteiger partial charge on any atom is -0.388 e. The van der Waals surface area contributed by atoms with Crippen molar-refractivity contribution < 1.29 is 5.11 Å². The van der Waals surface area contributed by atoms with E-state index in [0.29, 0.717) is 16.8 Å². The van der Waals surface area contributed by atoms with Crippen LogP contribution in [0.5, 0.6) is 0 Å². The number of anilines is 2. The van der Waals surface area contributed by atoms with Crippen molar-refractivity contribution in [3.05, 3.63) is 6.07 Å². The summed E-state index contributed by atoms with van der Waals surface area (Å²) in [6.07, 6.45) is 1.89. The van der Waals surface area contributed by atoms with Gasteiger partial charge in [0, 0.05) is 6.07 Å². The molecule has 0 aromatic carbocycles. The average molecular weight is 256 g/mol. The molecule has 1 rings (SSSR count). The standard InChI is InChI=1S/C11H20N4OS/c1-10(2,11(3,4)16)15-8-6-7(12)13-9(14-8)17-5/h6,16H,1-5H3,(H3,12,13,14,15). The monoisotopic (exact) mass is 256 g/mol. The molecule has 0 atom stereocenters. The van der Waals surface area contributed by atoms with E-state index in [1.807, 2.05) is 20.1 Å². The number of nitrogens with zero attached hydrogens (tertiary/aromatic N) is 2. The first-order chi connectivity index (χ1) is 7.65. The maximum Gasteiger partial charge on any atom is 0.191 e. The van der Waals surface area contributed by atoms with E-state index < -0.39 is 11.1 Å². The Kier molecular flexibility index (Phi) is 3.88. The molecule has 0 aliphatic heterocycles. The van der Waals surface area contributed by atoms with E-state index in [-0.39, 0.29) is 0 Å². The Morgan fingerprint density at radius 3 is 2.35 bits per heavy atom. The third-order valence-corrected chi connectivity index (χ3v) is 3.43. The van der Waals surface area contributed by atoms with Crippen LogP contribution >= 0.6 is 11.8 Å². The molecule has 17 heavy (non-hydrogen) atoms. The molecule has 1 heterocycles. The van der Waals surface area contributed by atoms with Gasteiger partial charge in [-0.3, -0.25) is 0 Å². The van der Waals surface area contributed by atoms with Crippen LogP contribution in [0.4, 0.5) is 11.6 Å². The fourth-order valence-electron chi connectivity index (χ4n) is 1.07. The Morgan fingerprint density at radius 1 is 1.29 bits per heavy atom. The van der Waals surface area contributed by atoms with E-state index in [1.54, 1.807) is 19.9 Å². The van der Waals surface area contributed by atoms with Crippen molar-refractivity contribution in [1.29, 1.82) is 0 Å². The van der Waals surface area contributed by atoms with Gasteiger partial charge in [-0.05, 0) is 34.0 Å². The zero-order valence-electron chi connectivity index (χ0n) is 10.9. The van der Waals surface area contributed by atoms with Crippen LogP contribution in [0.1, 0.15) is 27.7 Å². The molecule has 1 aromatic rings. The normalized spacial score (nSPS) is 12.6. The van der Waals surface area contributed by atoms with E-state index in [0.717, 1.165) is 0 Å². The van der Waals surface area contributed by atoms with Crippen molar-refractivity contribution in [3.8, 4) is 0 Å². The van der Waals surface area contributed by atoms with Gasteiger partial charge in [-0.2, -0.15) is 0 Å². The maximum absolute atomic E-state index is 10.1. The van der Waals surface area contributed by atoms with Gasteiger partial charge in [0.1, 0.15) is 11.6 Å². The van der Waals surface area contributed by atoms with E-state index in [2.05, 4.69) is 15.3 Å². The summed E-state index contributed by atoms with van der Waals surface area (Å²) in [5, 5.41) is 13.8. The van der Waals surface area contributed by atoms with Gasteiger partial charge in [-0.1, -0.05) is 11.8 Å². The van der Waals surface area contributed by atoms with Gasteiger partial charge in [0.2, 0.25) is 0 Å². The predicted molar refractivity (Wildman–Crippen MR) is 72.2 cm³/mol. The van der Waals surface area contributed by atoms with Crippen molar-refractivity contribution in [2.24, 2.45) is 0 Å². The minimum absolute atomic E-state index is 0.415. The Balaban J connectivity index is 2.99. The summed E-state index contributed by atoms with van der Waals surface area (Å²) in [6.45, 7) is 7.31. The number of aromatic nitrogens is 2. The van der Waals surface area contributed by atoms with E-state index >= 15 is 0 Å². The molecule has 0 aliphatic rings. The van der Waals surface area contributed by atoms with E-state index in [9.17, 15) is 5.11 Å². The summed E-state index contributed by atoms with van der Waals surface area (Å²) >= 11 is 1.43. The highest BCUT2D eigenvalue weighted by Gasteiger charge is 2.35. The molecule has 0 fully saturated rings. The van der Waals surface area contributed by atoms with Crippen molar-refractivity contribution in [1.82, 2.24) is 9.97 Å². The van der Waals surface area contributed by atoms with Crippen LogP contribution in [0.2, 0.25) is 0 Å². The maximum atomic E-state index is 10.1. The lowest BCUT2D eigenvalue weighted by Gasteiger charge is -2.38. The Hall–Kier alpha value is -1.01. The largest absolute Gasteiger partial charge is 0.388 e. The molecule has 0 bridgehead atoms. The first kappa shape index (κ1) is 14.1. The van der Waals surface area contributed by atoms with Crippen LogP contribution in [-0.2, 0) is 0 Å². The number of nitrogen functional groups attached to an aromatic ring is 1. The number of rotatable bonds is 4. The van der Waals surface area contributed by atoms with Gasteiger partial charge in [-0.15, -0.1) is 0 Å². The van der Waals surface area contributed by atoms with Crippen LogP contribution < -0.4 is 11.1 Å². The van der Waals surface area contributed by atoms with Crippen molar-refractivity contribution >= 4 is 23.4 Å². The van der Waals surface area contributed by atoms with Gasteiger partial charge in [-0.25, -0.2) is 9.97 Å². The summed E-state index contributed by atoms with van der Waals surface area (Å²) < 4.78 is 0. The third kappa shape index (κ3) is 3.47. The summed E-state index contributed by atoms with van der Waals surface area (Å²) in [4.78, 5) is 8.37. The molecule has 0 unspecified atom stereocenters. The molecule has 4 N–H and O–H groups in total. The van der Waals surface area contributed by atoms with E-state index in [4.69, 9.17) is 5.73 Å². The zero-order valence-corrected chi connectivity index (χ0v) is 11.7. The number of nitrogens with one attached hydrogen (secondary N) is 1. The molecule has 0 saturated heterocycles. The van der Waals surface area contributed by atoms with Gasteiger partial charge >= 0.3 is 0 Å². The second kappa shape index (κ2) is 4.70. The van der Waals surface area contributed by atoms with E-state index in [1.165, 1.54) is 11.8 Å². The zero-order chi connectivity index (χ0) is 13.3. The average Bonchev–Trinajstić information content (AvgIpc) is 2.14. The Bertz CT molecular complexity index is 401. The molecule has 0 amide bonds. The predicted octanol–water partition coefficient (Wildman–Crippen LogP) is 1.74. The highest BCUT2D eigenvalue weighted by molar-refractivity contribution is 7.98. The van der Waals surface area contributed by atoms with Crippen molar-refractivity contribution in [2.75, 3.05) is 17.3 Å². The van der Waals surface area contributed by atoms with Crippen LogP contribution in [0, 0.1) is 0 Å². The van der Waals surface area contributed by atoms with Crippen LogP contribution in [0.3, 0.4) is 0 Å². The van der Waals surface area contributed by atoms with Crippen LogP contribution in [0.15, 0.2) is 11.2 Å². The summed E-state index contributed by atoms with van der Waals surface area (Å²) in [5.74, 6) is 1.03. The lowest BCUT2D eigenvalue weighted by Crippen LogP contribution is -2.51. The molecule has 5 nitrogen and oxygen atoms in total. The molecular formula is C11H20N4OS. The van der Waals surface area contributed by atoms with Crippen molar-refractivity contribution in [3.63, 3.8) is 0 Å². The summed E-state index contributed by atoms with van der Waals surface area (Å²) in [7, 11) is 0. The van der Waals surface area contributed by atoms with Gasteiger partial charge in [0.25, 0.3) is 0 Å². The summed E-state index contributed by atoms with van der Waals surface area (Å²) in [6, 6.07) is 1.66. The smallest absolute Gasteiger partial charge is 0.191 e. The molecule has 0 spiro atoms. The quantitative estimate of drug-likeness (QED) is 0.562. The number of aliphatic hydroxyl groups is 1. The second-order valence-corrected chi connectivity index (χ2v) is 5.75. The number of thioether (sulfide) groups is 1. The van der Waals surface area contributed by atoms with Gasteiger partial charge in [0.05, 0.1) is 11.1 Å². The van der Waals surface area contributed by atoms with Crippen LogP contribution in [-0.4, -0.2) is 32.5 Å². The first-order valence-corrected chi connectivity index (χ1v) is 6.57. The molecule has 96 valence electrons. The van der Waals surface area contributed by atoms with Crippen molar-refractivity contribution in [2.45, 2.75) is 44.0 Å². The molecular weight excluding hydrogens is 236 g/mol. The lowest BCUT2D eigenvalue weighted by molar-refractivity contribution is 0.0238. The van der Waals surface area contributed by atoms with Crippen LogP contribution in [0.25, 0.3) is 0 Å². The Morgan fingerprint density at radius 2 is 1.88 bits per heavy atom. The third-order valence-electron chi connectivity index (χ3n) is 2.88. The molecule has 0 saturated carbocycles. The molecule has 0 aliphatic carbocycles. The minimum atomic E-state index is -0.883. The fraction of sp³-hybridized carbons (Fsp3) is 0.636. The lowest BCUT2D eigenvalue weighted by atomic mass is 9.86. The highest BCUT2D eigenvalue weighted by atomic mass is 32.2. The second-order valence-electron chi connectivity index (χ2n) is 4.97. The molecule has 0 radical (unpaired) electrons. The highest BCUT2D eigenvalue weighted by Crippen LogP contribution is 2.26. The molecule has 1 aromatic heterocycles. The Labute approximate surface area is 106 Å². The van der Waals surface area contributed by atoms with Gasteiger partial charge in [0.15, 0.2) is 5.16 Å².